The monoisotopic (exact) mass is 286 g/mol. The van der Waals surface area contributed by atoms with Crippen molar-refractivity contribution < 1.29 is 14.7 Å². The van der Waals surface area contributed by atoms with Crippen LogP contribution in [0, 0.1) is 6.92 Å². The third kappa shape index (κ3) is 2.26. The van der Waals surface area contributed by atoms with E-state index in [1.54, 1.807) is 6.92 Å². The lowest BCUT2D eigenvalue weighted by atomic mass is 9.93. The molecule has 21 heavy (non-hydrogen) atoms. The summed E-state index contributed by atoms with van der Waals surface area (Å²) in [5, 5.41) is 19.4. The summed E-state index contributed by atoms with van der Waals surface area (Å²) in [6.07, 6.45) is 0.300. The third-order valence-electron chi connectivity index (χ3n) is 3.72. The smallest absolute Gasteiger partial charge is 0.326 e. The van der Waals surface area contributed by atoms with Crippen LogP contribution in [0.15, 0.2) is 24.3 Å². The van der Waals surface area contributed by atoms with E-state index in [1.165, 1.54) is 4.90 Å². The molecule has 1 aromatic carbocycles. The standard InChI is InChI=1S/C14H14N4O3/c1-8-12(16-17-15-8)13(19)18-7-10-5-3-2-4-9(10)6-11(18)14(20)21/h2-5,11H,6-7H2,1H3,(H,20,21)(H,15,16,17)/t11-/m1/s1. The summed E-state index contributed by atoms with van der Waals surface area (Å²) in [7, 11) is 0. The van der Waals surface area contributed by atoms with Crippen molar-refractivity contribution in [3.63, 3.8) is 0 Å². The van der Waals surface area contributed by atoms with Crippen molar-refractivity contribution >= 4 is 11.9 Å². The first kappa shape index (κ1) is 13.3. The molecule has 1 aliphatic heterocycles. The molecular formula is C14H14N4O3. The number of aromatic amines is 1. The summed E-state index contributed by atoms with van der Waals surface area (Å²) < 4.78 is 0. The first-order valence-corrected chi connectivity index (χ1v) is 6.56. The lowest BCUT2D eigenvalue weighted by Gasteiger charge is -2.34. The van der Waals surface area contributed by atoms with Crippen molar-refractivity contribution in [2.45, 2.75) is 25.9 Å². The van der Waals surface area contributed by atoms with Crippen molar-refractivity contribution in [1.29, 1.82) is 0 Å². The second-order valence-electron chi connectivity index (χ2n) is 5.02. The zero-order valence-corrected chi connectivity index (χ0v) is 11.4. The minimum absolute atomic E-state index is 0.167. The molecule has 1 atom stereocenters. The molecule has 7 heteroatoms. The second-order valence-corrected chi connectivity index (χ2v) is 5.02. The van der Waals surface area contributed by atoms with Crippen LogP contribution in [0.5, 0.6) is 0 Å². The minimum Gasteiger partial charge on any atom is -0.480 e. The van der Waals surface area contributed by atoms with E-state index in [2.05, 4.69) is 15.4 Å². The summed E-state index contributed by atoms with van der Waals surface area (Å²) in [5.41, 5.74) is 2.55. The molecule has 108 valence electrons. The molecule has 0 fully saturated rings. The molecule has 7 nitrogen and oxygen atoms in total. The van der Waals surface area contributed by atoms with Gasteiger partial charge in [-0.2, -0.15) is 15.4 Å². The first-order chi connectivity index (χ1) is 10.1. The molecule has 2 N–H and O–H groups in total. The molecule has 0 aliphatic carbocycles. The van der Waals surface area contributed by atoms with Crippen LogP contribution in [-0.4, -0.2) is 43.3 Å². The van der Waals surface area contributed by atoms with Crippen LogP contribution in [0.4, 0.5) is 0 Å². The number of nitrogens with zero attached hydrogens (tertiary/aromatic N) is 3. The van der Waals surface area contributed by atoms with Gasteiger partial charge in [-0.3, -0.25) is 4.79 Å². The van der Waals surface area contributed by atoms with Crippen LogP contribution in [0.25, 0.3) is 0 Å². The number of H-pyrrole nitrogens is 1. The Labute approximate surface area is 120 Å². The van der Waals surface area contributed by atoms with E-state index in [0.717, 1.165) is 11.1 Å². The van der Waals surface area contributed by atoms with Gasteiger partial charge in [0.1, 0.15) is 6.04 Å². The number of amides is 1. The molecule has 1 amide bonds. The van der Waals surface area contributed by atoms with E-state index in [9.17, 15) is 14.7 Å². The quantitative estimate of drug-likeness (QED) is 0.849. The molecule has 3 rings (SSSR count). The highest BCUT2D eigenvalue weighted by atomic mass is 16.4. The Morgan fingerprint density at radius 2 is 2.00 bits per heavy atom. The fourth-order valence-electron chi connectivity index (χ4n) is 2.58. The lowest BCUT2D eigenvalue weighted by molar-refractivity contribution is -0.142. The molecule has 1 aromatic heterocycles. The number of hydrogen-bond acceptors (Lipinski definition) is 4. The summed E-state index contributed by atoms with van der Waals surface area (Å²) in [4.78, 5) is 25.4. The van der Waals surface area contributed by atoms with Crippen molar-refractivity contribution in [2.75, 3.05) is 0 Å². The van der Waals surface area contributed by atoms with Crippen LogP contribution < -0.4 is 0 Å². The number of aliphatic carboxylic acids is 1. The van der Waals surface area contributed by atoms with Crippen LogP contribution >= 0.6 is 0 Å². The Morgan fingerprint density at radius 1 is 1.29 bits per heavy atom. The van der Waals surface area contributed by atoms with Gasteiger partial charge in [0.2, 0.25) is 0 Å². The van der Waals surface area contributed by atoms with E-state index >= 15 is 0 Å². The first-order valence-electron chi connectivity index (χ1n) is 6.56. The summed E-state index contributed by atoms with van der Waals surface area (Å²) in [6, 6.07) is 6.67. The number of carboxylic acid groups (broad SMARTS) is 1. The van der Waals surface area contributed by atoms with E-state index in [4.69, 9.17) is 0 Å². The van der Waals surface area contributed by atoms with Gasteiger partial charge in [-0.05, 0) is 18.1 Å². The average Bonchev–Trinajstić information content (AvgIpc) is 2.91. The molecule has 0 radical (unpaired) electrons. The van der Waals surface area contributed by atoms with Crippen LogP contribution in [0.1, 0.15) is 27.3 Å². The van der Waals surface area contributed by atoms with Crippen LogP contribution in [-0.2, 0) is 17.8 Å². The van der Waals surface area contributed by atoms with E-state index in [-0.39, 0.29) is 12.2 Å². The highest BCUT2D eigenvalue weighted by Gasteiger charge is 2.36. The number of hydrogen-bond donors (Lipinski definition) is 2. The Balaban J connectivity index is 1.98. The Morgan fingerprint density at radius 3 is 2.62 bits per heavy atom. The number of nitrogens with one attached hydrogen (secondary N) is 1. The summed E-state index contributed by atoms with van der Waals surface area (Å²) in [5.74, 6) is -1.43. The minimum atomic E-state index is -1.01. The highest BCUT2D eigenvalue weighted by Crippen LogP contribution is 2.25. The zero-order chi connectivity index (χ0) is 15.0. The number of carboxylic acids is 1. The molecule has 2 heterocycles. The molecule has 0 unspecified atom stereocenters. The number of carbonyl (C=O) groups is 2. The number of benzene rings is 1. The van der Waals surface area contributed by atoms with Crippen LogP contribution in [0.3, 0.4) is 0 Å². The maximum absolute atomic E-state index is 12.5. The maximum Gasteiger partial charge on any atom is 0.326 e. The summed E-state index contributed by atoms with van der Waals surface area (Å²) >= 11 is 0. The van der Waals surface area contributed by atoms with Gasteiger partial charge in [-0.25, -0.2) is 4.79 Å². The molecule has 0 bridgehead atoms. The lowest BCUT2D eigenvalue weighted by Crippen LogP contribution is -2.48. The largest absolute Gasteiger partial charge is 0.480 e. The molecule has 0 saturated carbocycles. The van der Waals surface area contributed by atoms with Gasteiger partial charge in [-0.15, -0.1) is 0 Å². The third-order valence-corrected chi connectivity index (χ3v) is 3.72. The fourth-order valence-corrected chi connectivity index (χ4v) is 2.58. The predicted octanol–water partition coefficient (Wildman–Crippen LogP) is 0.765. The number of rotatable bonds is 2. The predicted molar refractivity (Wildman–Crippen MR) is 72.6 cm³/mol. The fraction of sp³-hybridized carbons (Fsp3) is 0.286. The van der Waals surface area contributed by atoms with Gasteiger partial charge >= 0.3 is 5.97 Å². The number of fused-ring (bicyclic) bond motifs is 1. The van der Waals surface area contributed by atoms with Crippen molar-refractivity contribution in [2.24, 2.45) is 0 Å². The van der Waals surface area contributed by atoms with Gasteiger partial charge in [0.25, 0.3) is 5.91 Å². The van der Waals surface area contributed by atoms with Gasteiger partial charge in [0.15, 0.2) is 5.69 Å². The SMILES string of the molecule is Cc1n[nH]nc1C(=O)N1Cc2ccccc2C[C@@H]1C(=O)O. The number of aromatic nitrogens is 3. The number of carbonyl (C=O) groups excluding carboxylic acids is 1. The van der Waals surface area contributed by atoms with E-state index < -0.39 is 17.9 Å². The molecular weight excluding hydrogens is 272 g/mol. The van der Waals surface area contributed by atoms with Gasteiger partial charge in [0, 0.05) is 13.0 Å². The van der Waals surface area contributed by atoms with Gasteiger partial charge in [-0.1, -0.05) is 24.3 Å². The Hall–Kier alpha value is -2.70. The van der Waals surface area contributed by atoms with E-state index in [0.29, 0.717) is 12.1 Å². The Kier molecular flexibility index (Phi) is 3.17. The maximum atomic E-state index is 12.5. The van der Waals surface area contributed by atoms with E-state index in [1.807, 2.05) is 24.3 Å². The number of aryl methyl sites for hydroxylation is 1. The van der Waals surface area contributed by atoms with Gasteiger partial charge < -0.3 is 10.0 Å². The van der Waals surface area contributed by atoms with Crippen molar-refractivity contribution in [3.05, 3.63) is 46.8 Å². The molecule has 0 saturated heterocycles. The topological polar surface area (TPSA) is 99.2 Å². The van der Waals surface area contributed by atoms with Crippen molar-refractivity contribution in [1.82, 2.24) is 20.3 Å². The second kappa shape index (κ2) is 5.01. The van der Waals surface area contributed by atoms with Crippen LogP contribution in [0.2, 0.25) is 0 Å². The van der Waals surface area contributed by atoms with Gasteiger partial charge in [0.05, 0.1) is 5.69 Å². The molecule has 1 aliphatic rings. The molecule has 2 aromatic rings. The van der Waals surface area contributed by atoms with Crippen molar-refractivity contribution in [3.8, 4) is 0 Å². The molecule has 0 spiro atoms. The summed E-state index contributed by atoms with van der Waals surface area (Å²) in [6.45, 7) is 1.92. The zero-order valence-electron chi connectivity index (χ0n) is 11.4. The Bertz CT molecular complexity index is 710. The highest BCUT2D eigenvalue weighted by molar-refractivity contribution is 5.96. The normalized spacial score (nSPS) is 17.4. The average molecular weight is 286 g/mol.